The fourth-order valence-corrected chi connectivity index (χ4v) is 3.31. The molecule has 7 heteroatoms. The molecule has 98 valence electrons. The highest BCUT2D eigenvalue weighted by molar-refractivity contribution is 7.90. The fraction of sp³-hybridized carbons (Fsp3) is 0.364. The normalized spacial score (nSPS) is 15.4. The smallest absolute Gasteiger partial charge is 0.259 e. The van der Waals surface area contributed by atoms with Crippen LogP contribution in [0.25, 0.3) is 0 Å². The van der Waals surface area contributed by atoms with E-state index in [0.717, 1.165) is 11.1 Å². The van der Waals surface area contributed by atoms with E-state index in [1.54, 1.807) is 0 Å². The molecule has 0 fully saturated rings. The van der Waals surface area contributed by atoms with Crippen LogP contribution < -0.4 is 10.2 Å². The topological polar surface area (TPSA) is 95.5 Å². The van der Waals surface area contributed by atoms with Crippen LogP contribution in [0.2, 0.25) is 0 Å². The van der Waals surface area contributed by atoms with E-state index in [2.05, 4.69) is 4.72 Å². The number of benzene rings is 1. The van der Waals surface area contributed by atoms with Crippen molar-refractivity contribution < 1.29 is 18.4 Å². The van der Waals surface area contributed by atoms with Crippen LogP contribution in [0.5, 0.6) is 0 Å². The van der Waals surface area contributed by atoms with Gasteiger partial charge in [0.15, 0.2) is 0 Å². The SMILES string of the molecule is O=C(CS(=O)(=O)NC1Cc2ccccc2C1)NO. The van der Waals surface area contributed by atoms with Crippen molar-refractivity contribution in [3.63, 3.8) is 0 Å². The van der Waals surface area contributed by atoms with Crippen LogP contribution in [0, 0.1) is 0 Å². The highest BCUT2D eigenvalue weighted by Crippen LogP contribution is 2.21. The van der Waals surface area contributed by atoms with Gasteiger partial charge in [-0.15, -0.1) is 0 Å². The Morgan fingerprint density at radius 3 is 2.33 bits per heavy atom. The van der Waals surface area contributed by atoms with Gasteiger partial charge in [-0.25, -0.2) is 18.6 Å². The molecule has 3 N–H and O–H groups in total. The van der Waals surface area contributed by atoms with Gasteiger partial charge in [0.05, 0.1) is 0 Å². The Hall–Kier alpha value is -1.44. The Bertz CT molecular complexity index is 531. The molecule has 0 radical (unpaired) electrons. The molecule has 0 spiro atoms. The number of carbonyl (C=O) groups excluding carboxylic acids is 1. The maximum atomic E-state index is 11.6. The number of hydrogen-bond acceptors (Lipinski definition) is 4. The van der Waals surface area contributed by atoms with E-state index in [1.807, 2.05) is 24.3 Å². The summed E-state index contributed by atoms with van der Waals surface area (Å²) in [5.41, 5.74) is 3.55. The molecule has 1 aliphatic rings. The van der Waals surface area contributed by atoms with Crippen molar-refractivity contribution in [3.8, 4) is 0 Å². The van der Waals surface area contributed by atoms with E-state index in [-0.39, 0.29) is 6.04 Å². The molecular weight excluding hydrogens is 256 g/mol. The molecule has 18 heavy (non-hydrogen) atoms. The number of sulfonamides is 1. The Morgan fingerprint density at radius 1 is 1.28 bits per heavy atom. The van der Waals surface area contributed by atoms with Gasteiger partial charge >= 0.3 is 0 Å². The van der Waals surface area contributed by atoms with Gasteiger partial charge in [-0.05, 0) is 24.0 Å². The summed E-state index contributed by atoms with van der Waals surface area (Å²) in [5.74, 6) is -1.71. The third-order valence-electron chi connectivity index (χ3n) is 2.84. The first kappa shape index (κ1) is 13.0. The number of carbonyl (C=O) groups is 1. The lowest BCUT2D eigenvalue weighted by atomic mass is 10.1. The molecule has 0 aromatic heterocycles. The fourth-order valence-electron chi connectivity index (χ4n) is 2.14. The van der Waals surface area contributed by atoms with Gasteiger partial charge < -0.3 is 0 Å². The third kappa shape index (κ3) is 3.06. The van der Waals surface area contributed by atoms with Crippen molar-refractivity contribution in [3.05, 3.63) is 35.4 Å². The summed E-state index contributed by atoms with van der Waals surface area (Å²) in [7, 11) is -3.72. The summed E-state index contributed by atoms with van der Waals surface area (Å²) in [6, 6.07) is 7.52. The van der Waals surface area contributed by atoms with Gasteiger partial charge in [0.2, 0.25) is 10.0 Å². The first-order valence-corrected chi connectivity index (χ1v) is 7.15. The average molecular weight is 270 g/mol. The molecule has 0 saturated carbocycles. The Morgan fingerprint density at radius 2 is 1.83 bits per heavy atom. The molecule has 1 amide bonds. The predicted molar refractivity (Wildman–Crippen MR) is 64.5 cm³/mol. The summed E-state index contributed by atoms with van der Waals surface area (Å²) in [5, 5.41) is 8.31. The number of amides is 1. The largest absolute Gasteiger partial charge is 0.289 e. The summed E-state index contributed by atoms with van der Waals surface area (Å²) in [6.07, 6.45) is 1.24. The zero-order chi connectivity index (χ0) is 13.2. The van der Waals surface area contributed by atoms with E-state index in [0.29, 0.717) is 12.8 Å². The number of fused-ring (bicyclic) bond motifs is 1. The van der Waals surface area contributed by atoms with Gasteiger partial charge in [-0.1, -0.05) is 24.3 Å². The van der Waals surface area contributed by atoms with Gasteiger partial charge in [0.1, 0.15) is 5.75 Å². The monoisotopic (exact) mass is 270 g/mol. The maximum Gasteiger partial charge on any atom is 0.259 e. The Balaban J connectivity index is 1.99. The lowest BCUT2D eigenvalue weighted by Crippen LogP contribution is -2.41. The van der Waals surface area contributed by atoms with Crippen LogP contribution in [-0.2, 0) is 27.7 Å². The lowest BCUT2D eigenvalue weighted by molar-refractivity contribution is -0.126. The second-order valence-electron chi connectivity index (χ2n) is 4.29. The lowest BCUT2D eigenvalue weighted by Gasteiger charge is -2.11. The summed E-state index contributed by atoms with van der Waals surface area (Å²) >= 11 is 0. The molecular formula is C11H14N2O4S. The summed E-state index contributed by atoms with van der Waals surface area (Å²) in [6.45, 7) is 0. The zero-order valence-electron chi connectivity index (χ0n) is 9.59. The van der Waals surface area contributed by atoms with Gasteiger partial charge in [0.25, 0.3) is 5.91 Å². The Labute approximate surface area is 105 Å². The minimum atomic E-state index is -3.72. The van der Waals surface area contributed by atoms with Crippen molar-refractivity contribution in [1.82, 2.24) is 10.2 Å². The standard InChI is InChI=1S/C11H14N2O4S/c14-11(12-15)7-18(16,17)13-10-5-8-3-1-2-4-9(8)6-10/h1-4,10,13,15H,5-7H2,(H,12,14). The van der Waals surface area contributed by atoms with Crippen LogP contribution in [-0.4, -0.2) is 31.3 Å². The van der Waals surface area contributed by atoms with Gasteiger partial charge in [-0.2, -0.15) is 0 Å². The molecule has 1 aromatic rings. The van der Waals surface area contributed by atoms with E-state index >= 15 is 0 Å². The molecule has 1 aromatic carbocycles. The van der Waals surface area contributed by atoms with Crippen LogP contribution in [0.15, 0.2) is 24.3 Å². The van der Waals surface area contributed by atoms with Crippen molar-refractivity contribution in [1.29, 1.82) is 0 Å². The first-order chi connectivity index (χ1) is 8.50. The van der Waals surface area contributed by atoms with Crippen LogP contribution in [0.4, 0.5) is 0 Å². The molecule has 0 atom stereocenters. The quantitative estimate of drug-likeness (QED) is 0.511. The molecule has 0 saturated heterocycles. The summed E-state index contributed by atoms with van der Waals surface area (Å²) in [4.78, 5) is 10.8. The Kier molecular flexibility index (Phi) is 3.65. The third-order valence-corrected chi connectivity index (χ3v) is 4.18. The molecule has 0 bridgehead atoms. The van der Waals surface area contributed by atoms with Crippen LogP contribution >= 0.6 is 0 Å². The van der Waals surface area contributed by atoms with Crippen LogP contribution in [0.1, 0.15) is 11.1 Å². The molecule has 0 aliphatic heterocycles. The number of nitrogens with one attached hydrogen (secondary N) is 2. The van der Waals surface area contributed by atoms with Crippen molar-refractivity contribution >= 4 is 15.9 Å². The number of hydroxylamine groups is 1. The minimum absolute atomic E-state index is 0.223. The van der Waals surface area contributed by atoms with Gasteiger partial charge in [-0.3, -0.25) is 10.0 Å². The predicted octanol–water partition coefficient (Wildman–Crippen LogP) is -0.421. The molecule has 6 nitrogen and oxygen atoms in total. The van der Waals surface area contributed by atoms with E-state index < -0.39 is 21.7 Å². The highest BCUT2D eigenvalue weighted by Gasteiger charge is 2.26. The maximum absolute atomic E-state index is 11.6. The zero-order valence-corrected chi connectivity index (χ0v) is 10.4. The van der Waals surface area contributed by atoms with E-state index in [1.165, 1.54) is 5.48 Å². The number of hydrogen-bond donors (Lipinski definition) is 3. The molecule has 0 heterocycles. The van der Waals surface area contributed by atoms with Crippen molar-refractivity contribution in [2.75, 3.05) is 5.75 Å². The first-order valence-electron chi connectivity index (χ1n) is 5.50. The minimum Gasteiger partial charge on any atom is -0.289 e. The summed E-state index contributed by atoms with van der Waals surface area (Å²) < 4.78 is 25.7. The average Bonchev–Trinajstić information content (AvgIpc) is 2.68. The van der Waals surface area contributed by atoms with Crippen LogP contribution in [0.3, 0.4) is 0 Å². The number of rotatable bonds is 4. The van der Waals surface area contributed by atoms with E-state index in [9.17, 15) is 13.2 Å². The van der Waals surface area contributed by atoms with Crippen molar-refractivity contribution in [2.24, 2.45) is 0 Å². The molecule has 1 aliphatic carbocycles. The van der Waals surface area contributed by atoms with E-state index in [4.69, 9.17) is 5.21 Å². The molecule has 0 unspecified atom stereocenters. The second kappa shape index (κ2) is 5.05. The molecule has 2 rings (SSSR count). The van der Waals surface area contributed by atoms with Crippen molar-refractivity contribution in [2.45, 2.75) is 18.9 Å². The second-order valence-corrected chi connectivity index (χ2v) is 6.04. The highest BCUT2D eigenvalue weighted by atomic mass is 32.2. The van der Waals surface area contributed by atoms with Gasteiger partial charge in [0, 0.05) is 6.04 Å².